The zero-order valence-corrected chi connectivity index (χ0v) is 15.8. The molecule has 140 valence electrons. The molecule has 0 heterocycles. The zero-order chi connectivity index (χ0) is 18.3. The van der Waals surface area contributed by atoms with E-state index in [-0.39, 0.29) is 0 Å². The molecule has 0 aliphatic carbocycles. The van der Waals surface area contributed by atoms with E-state index in [1.165, 1.54) is 44.9 Å². The van der Waals surface area contributed by atoms with E-state index in [1.54, 1.807) is 0 Å². The Kier molecular flexibility index (Phi) is 13.3. The molecule has 0 aliphatic rings. The first-order chi connectivity index (χ1) is 11.5. The summed E-state index contributed by atoms with van der Waals surface area (Å²) in [6, 6.07) is 0. The predicted molar refractivity (Wildman–Crippen MR) is 99.6 cm³/mol. The predicted octanol–water partition coefficient (Wildman–Crippen LogP) is 5.05. The largest absolute Gasteiger partial charge is 0.446 e. The second-order valence-electron chi connectivity index (χ2n) is 6.67. The number of unbranched alkanes of at least 4 members (excludes halogenated alkanes) is 9. The average molecular weight is 340 g/mol. The van der Waals surface area contributed by atoms with Crippen LogP contribution in [-0.2, 0) is 14.3 Å². The van der Waals surface area contributed by atoms with Crippen molar-refractivity contribution in [3.8, 4) is 0 Å². The van der Waals surface area contributed by atoms with Crippen molar-refractivity contribution in [1.29, 1.82) is 0 Å². The van der Waals surface area contributed by atoms with Crippen molar-refractivity contribution in [2.24, 2.45) is 5.73 Å². The van der Waals surface area contributed by atoms with E-state index in [1.807, 2.05) is 6.92 Å². The second-order valence-corrected chi connectivity index (χ2v) is 6.67. The van der Waals surface area contributed by atoms with Gasteiger partial charge in [-0.05, 0) is 19.3 Å². The van der Waals surface area contributed by atoms with E-state index in [0.717, 1.165) is 31.8 Å². The van der Waals surface area contributed by atoms with Gasteiger partial charge in [-0.15, -0.1) is 0 Å². The molecule has 0 bridgehead atoms. The third-order valence-electron chi connectivity index (χ3n) is 4.50. The standard InChI is InChI=1S/C20H37NO3/c1-4-7-8-9-10-11-12-13-14-15-17-20(16-5-2,19(21)23)24-18(22)6-3/h6H,3-5,7-17H2,1-2H3,(H2,21,23). The van der Waals surface area contributed by atoms with Crippen molar-refractivity contribution in [3.63, 3.8) is 0 Å². The first kappa shape index (κ1) is 22.7. The Morgan fingerprint density at radius 3 is 1.79 bits per heavy atom. The molecule has 0 rings (SSSR count). The van der Waals surface area contributed by atoms with E-state index in [0.29, 0.717) is 12.8 Å². The van der Waals surface area contributed by atoms with Crippen LogP contribution in [0.1, 0.15) is 97.3 Å². The van der Waals surface area contributed by atoms with E-state index in [2.05, 4.69) is 13.5 Å². The van der Waals surface area contributed by atoms with Crippen LogP contribution >= 0.6 is 0 Å². The number of carbonyl (C=O) groups is 2. The molecule has 1 atom stereocenters. The van der Waals surface area contributed by atoms with E-state index in [4.69, 9.17) is 10.5 Å². The van der Waals surface area contributed by atoms with Gasteiger partial charge in [0.2, 0.25) is 0 Å². The van der Waals surface area contributed by atoms with Gasteiger partial charge in [-0.2, -0.15) is 0 Å². The minimum atomic E-state index is -1.17. The maximum atomic E-state index is 11.9. The molecule has 0 fully saturated rings. The molecule has 1 unspecified atom stereocenters. The Hall–Kier alpha value is -1.32. The fraction of sp³-hybridized carbons (Fsp3) is 0.800. The highest BCUT2D eigenvalue weighted by molar-refractivity contribution is 5.89. The molecule has 1 amide bonds. The lowest BCUT2D eigenvalue weighted by molar-refractivity contribution is -0.164. The number of esters is 1. The van der Waals surface area contributed by atoms with Crippen molar-refractivity contribution in [2.45, 2.75) is 103 Å². The highest BCUT2D eigenvalue weighted by Crippen LogP contribution is 2.26. The van der Waals surface area contributed by atoms with E-state index >= 15 is 0 Å². The number of hydrogen-bond acceptors (Lipinski definition) is 3. The molecular weight excluding hydrogens is 302 g/mol. The van der Waals surface area contributed by atoms with E-state index in [9.17, 15) is 9.59 Å². The minimum Gasteiger partial charge on any atom is -0.446 e. The van der Waals surface area contributed by atoms with Crippen molar-refractivity contribution in [1.82, 2.24) is 0 Å². The van der Waals surface area contributed by atoms with Crippen LogP contribution in [0.2, 0.25) is 0 Å². The van der Waals surface area contributed by atoms with Crippen molar-refractivity contribution in [2.75, 3.05) is 0 Å². The highest BCUT2D eigenvalue weighted by atomic mass is 16.6. The summed E-state index contributed by atoms with van der Waals surface area (Å²) in [6.45, 7) is 7.58. The van der Waals surface area contributed by atoms with E-state index < -0.39 is 17.5 Å². The van der Waals surface area contributed by atoms with Crippen LogP contribution in [0.3, 0.4) is 0 Å². The lowest BCUT2D eigenvalue weighted by atomic mass is 9.90. The van der Waals surface area contributed by atoms with Gasteiger partial charge in [0, 0.05) is 6.08 Å². The number of ether oxygens (including phenoxy) is 1. The molecular formula is C20H37NO3. The van der Waals surface area contributed by atoms with Gasteiger partial charge in [-0.25, -0.2) is 4.79 Å². The van der Waals surface area contributed by atoms with Crippen LogP contribution in [0.4, 0.5) is 0 Å². The van der Waals surface area contributed by atoms with Crippen molar-refractivity contribution in [3.05, 3.63) is 12.7 Å². The summed E-state index contributed by atoms with van der Waals surface area (Å²) in [5, 5.41) is 0. The smallest absolute Gasteiger partial charge is 0.331 e. The minimum absolute atomic E-state index is 0.472. The van der Waals surface area contributed by atoms with Gasteiger partial charge >= 0.3 is 5.97 Å². The van der Waals surface area contributed by atoms with Crippen LogP contribution in [0.25, 0.3) is 0 Å². The fourth-order valence-electron chi connectivity index (χ4n) is 3.06. The van der Waals surface area contributed by atoms with Gasteiger partial charge in [0.05, 0.1) is 0 Å². The second kappa shape index (κ2) is 14.1. The summed E-state index contributed by atoms with van der Waals surface area (Å²) in [5.74, 6) is -1.12. The molecule has 0 saturated carbocycles. The van der Waals surface area contributed by atoms with Crippen LogP contribution in [0, 0.1) is 0 Å². The number of rotatable bonds is 16. The maximum absolute atomic E-state index is 11.9. The van der Waals surface area contributed by atoms with Crippen molar-refractivity contribution >= 4 is 11.9 Å². The fourth-order valence-corrected chi connectivity index (χ4v) is 3.06. The highest BCUT2D eigenvalue weighted by Gasteiger charge is 2.38. The number of primary amides is 1. The molecule has 0 radical (unpaired) electrons. The lowest BCUT2D eigenvalue weighted by Crippen LogP contribution is -2.47. The van der Waals surface area contributed by atoms with Gasteiger partial charge in [-0.1, -0.05) is 84.6 Å². The van der Waals surface area contributed by atoms with Gasteiger partial charge in [-0.3, -0.25) is 4.79 Å². The van der Waals surface area contributed by atoms with Crippen molar-refractivity contribution < 1.29 is 14.3 Å². The van der Waals surface area contributed by atoms with Crippen LogP contribution in [0.5, 0.6) is 0 Å². The molecule has 4 heteroatoms. The Bertz CT molecular complexity index is 368. The van der Waals surface area contributed by atoms with Crippen LogP contribution in [-0.4, -0.2) is 17.5 Å². The summed E-state index contributed by atoms with van der Waals surface area (Å²) in [7, 11) is 0. The molecule has 0 aromatic rings. The Balaban J connectivity index is 4.08. The average Bonchev–Trinajstić information content (AvgIpc) is 2.56. The Morgan fingerprint density at radius 2 is 1.38 bits per heavy atom. The van der Waals surface area contributed by atoms with Gasteiger partial charge in [0.15, 0.2) is 5.60 Å². The van der Waals surface area contributed by atoms with Gasteiger partial charge < -0.3 is 10.5 Å². The SMILES string of the molecule is C=CC(=O)OC(CCC)(CCCCCCCCCCCC)C(N)=O. The Labute approximate surface area is 148 Å². The molecule has 24 heavy (non-hydrogen) atoms. The molecule has 0 spiro atoms. The molecule has 0 saturated heterocycles. The van der Waals surface area contributed by atoms with Gasteiger partial charge in [0.1, 0.15) is 0 Å². The number of amides is 1. The maximum Gasteiger partial charge on any atom is 0.331 e. The first-order valence-corrected chi connectivity index (χ1v) is 9.67. The number of carbonyl (C=O) groups excluding carboxylic acids is 2. The lowest BCUT2D eigenvalue weighted by Gasteiger charge is -2.29. The summed E-state index contributed by atoms with van der Waals surface area (Å²) >= 11 is 0. The Morgan fingerprint density at radius 1 is 0.875 bits per heavy atom. The quantitative estimate of drug-likeness (QED) is 0.243. The molecule has 0 aromatic heterocycles. The van der Waals surface area contributed by atoms with Gasteiger partial charge in [0.25, 0.3) is 5.91 Å². The van der Waals surface area contributed by atoms with Crippen LogP contribution < -0.4 is 5.73 Å². The first-order valence-electron chi connectivity index (χ1n) is 9.67. The molecule has 0 aromatic carbocycles. The monoisotopic (exact) mass is 339 g/mol. The molecule has 2 N–H and O–H groups in total. The zero-order valence-electron chi connectivity index (χ0n) is 15.8. The summed E-state index contributed by atoms with van der Waals surface area (Å²) in [4.78, 5) is 23.4. The van der Waals surface area contributed by atoms with Crippen LogP contribution in [0.15, 0.2) is 12.7 Å². The number of hydrogen-bond donors (Lipinski definition) is 1. The summed E-state index contributed by atoms with van der Waals surface area (Å²) < 4.78 is 5.34. The molecule has 4 nitrogen and oxygen atoms in total. The number of nitrogens with two attached hydrogens (primary N) is 1. The summed E-state index contributed by atoms with van der Waals surface area (Å²) in [6.07, 6.45) is 15.0. The normalized spacial score (nSPS) is 13.2. The topological polar surface area (TPSA) is 69.4 Å². The molecule has 0 aliphatic heterocycles. The third kappa shape index (κ3) is 9.74. The third-order valence-corrected chi connectivity index (χ3v) is 4.50. The summed E-state index contributed by atoms with van der Waals surface area (Å²) in [5.41, 5.74) is 4.36.